The number of carbonyl (C=O) groups excluding carboxylic acids is 1. The lowest BCUT2D eigenvalue weighted by molar-refractivity contribution is -0.143. The zero-order valence-electron chi connectivity index (χ0n) is 27.4. The maximum Gasteiger partial charge on any atom is 0.308 e. The summed E-state index contributed by atoms with van der Waals surface area (Å²) < 4.78 is 25.4. The van der Waals surface area contributed by atoms with Crippen molar-refractivity contribution in [1.82, 2.24) is 4.90 Å². The molecule has 1 saturated heterocycles. The van der Waals surface area contributed by atoms with Gasteiger partial charge in [0.25, 0.3) is 0 Å². The van der Waals surface area contributed by atoms with Gasteiger partial charge in [-0.1, -0.05) is 58.3 Å². The van der Waals surface area contributed by atoms with Crippen LogP contribution in [0.2, 0.25) is 0 Å². The lowest BCUT2D eigenvalue weighted by Gasteiger charge is -2.36. The van der Waals surface area contributed by atoms with Crippen LogP contribution in [-0.4, -0.2) is 53.8 Å². The first kappa shape index (κ1) is 33.5. The van der Waals surface area contributed by atoms with Crippen molar-refractivity contribution in [2.75, 3.05) is 24.8 Å². The number of anilines is 1. The molecule has 1 fully saturated rings. The first-order valence-corrected chi connectivity index (χ1v) is 16.0. The number of aliphatic carboxylic acids is 1. The molecule has 2 aliphatic rings. The van der Waals surface area contributed by atoms with Crippen LogP contribution in [0, 0.1) is 24.1 Å². The number of amides is 1. The molecule has 2 aromatic carbocycles. The van der Waals surface area contributed by atoms with E-state index in [-0.39, 0.29) is 48.5 Å². The van der Waals surface area contributed by atoms with Crippen LogP contribution < -0.4 is 14.4 Å². The average molecular weight is 609 g/mol. The fourth-order valence-electron chi connectivity index (χ4n) is 7.26. The molecule has 3 unspecified atom stereocenters. The average Bonchev–Trinajstić information content (AvgIpc) is 3.54. The number of aryl methyl sites for hydroxylation is 1. The predicted molar refractivity (Wildman–Crippen MR) is 172 cm³/mol. The van der Waals surface area contributed by atoms with Crippen LogP contribution in [0.4, 0.5) is 10.1 Å². The Morgan fingerprint density at radius 2 is 1.77 bits per heavy atom. The summed E-state index contributed by atoms with van der Waals surface area (Å²) in [7, 11) is 0. The Bertz CT molecular complexity index is 1360. The second-order valence-electron chi connectivity index (χ2n) is 13.4. The largest absolute Gasteiger partial charge is 0.481 e. The number of carbonyl (C=O) groups is 2. The third kappa shape index (κ3) is 7.63. The number of hydrogen-bond acceptors (Lipinski definition) is 5. The quantitative estimate of drug-likeness (QED) is 0.235. The molecule has 0 aliphatic carbocycles. The Labute approximate surface area is 262 Å². The summed E-state index contributed by atoms with van der Waals surface area (Å²) >= 11 is 0. The van der Waals surface area contributed by atoms with Gasteiger partial charge in [0.2, 0.25) is 12.7 Å². The molecule has 3 atom stereocenters. The number of allylic oxidation sites excluding steroid dienone is 2. The molecule has 7 nitrogen and oxygen atoms in total. The third-order valence-electron chi connectivity index (χ3n) is 8.91. The van der Waals surface area contributed by atoms with Gasteiger partial charge >= 0.3 is 5.97 Å². The number of benzene rings is 2. The van der Waals surface area contributed by atoms with E-state index >= 15 is 0 Å². The van der Waals surface area contributed by atoms with Crippen LogP contribution in [0.25, 0.3) is 0 Å². The molecule has 44 heavy (non-hydrogen) atoms. The van der Waals surface area contributed by atoms with Crippen molar-refractivity contribution >= 4 is 17.6 Å². The molecule has 240 valence electrons. The Balaban J connectivity index is 1.74. The van der Waals surface area contributed by atoms with Crippen molar-refractivity contribution < 1.29 is 28.6 Å². The Morgan fingerprint density at radius 3 is 2.39 bits per heavy atom. The molecular weight excluding hydrogens is 559 g/mol. The van der Waals surface area contributed by atoms with Gasteiger partial charge in [0, 0.05) is 30.2 Å². The van der Waals surface area contributed by atoms with Crippen molar-refractivity contribution in [1.29, 1.82) is 0 Å². The number of likely N-dealkylation sites (tertiary alicyclic amines) is 1. The van der Waals surface area contributed by atoms with Gasteiger partial charge in [0.05, 0.1) is 12.5 Å². The topological polar surface area (TPSA) is 79.3 Å². The normalized spacial score (nSPS) is 19.8. The van der Waals surface area contributed by atoms with E-state index in [0.717, 1.165) is 36.8 Å². The molecule has 0 aromatic heterocycles. The molecule has 4 rings (SSSR count). The lowest BCUT2D eigenvalue weighted by atomic mass is 9.77. The van der Waals surface area contributed by atoms with Gasteiger partial charge < -0.3 is 19.5 Å². The molecular formula is C36H49FN2O5. The van der Waals surface area contributed by atoms with Gasteiger partial charge in [0.1, 0.15) is 5.82 Å². The predicted octanol–water partition coefficient (Wildman–Crippen LogP) is 7.72. The summed E-state index contributed by atoms with van der Waals surface area (Å²) in [5.41, 5.74) is 2.91. The first-order valence-electron chi connectivity index (χ1n) is 16.0. The van der Waals surface area contributed by atoms with E-state index in [2.05, 4.69) is 38.7 Å². The summed E-state index contributed by atoms with van der Waals surface area (Å²) in [5, 5.41) is 10.7. The molecule has 2 aliphatic heterocycles. The molecule has 8 heteroatoms. The maximum absolute atomic E-state index is 14.4. The number of fused-ring (bicyclic) bond motifs is 1. The van der Waals surface area contributed by atoms with Crippen molar-refractivity contribution in [3.63, 3.8) is 0 Å². The van der Waals surface area contributed by atoms with Gasteiger partial charge in [-0.25, -0.2) is 4.39 Å². The summed E-state index contributed by atoms with van der Waals surface area (Å²) in [6, 6.07) is 10.1. The third-order valence-corrected chi connectivity index (χ3v) is 8.91. The monoisotopic (exact) mass is 608 g/mol. The standard InChI is InChI=1S/C36H49FN2O5/c1-8-10-26(11-9-2)39(27-13-14-29(37)24(5)16-27)33(40)21-38-20-28(25-12-15-31-32(17-25)44-22-43-31)34(35(41)42)30(38)19-36(6,7)18-23(3)4/h12-18,26,28,30,34H,8-11,19-22H2,1-7H3,(H,41,42). The van der Waals surface area contributed by atoms with Gasteiger partial charge in [0.15, 0.2) is 11.5 Å². The fourth-order valence-corrected chi connectivity index (χ4v) is 7.26. The van der Waals surface area contributed by atoms with Crippen molar-refractivity contribution in [3.8, 4) is 11.5 Å². The summed E-state index contributed by atoms with van der Waals surface area (Å²) in [5.74, 6) is -1.08. The Kier molecular flexibility index (Phi) is 10.8. The van der Waals surface area contributed by atoms with Gasteiger partial charge in [-0.05, 0) is 86.9 Å². The molecule has 0 saturated carbocycles. The van der Waals surface area contributed by atoms with Crippen LogP contribution in [0.5, 0.6) is 11.5 Å². The number of ether oxygens (including phenoxy) is 2. The van der Waals surface area contributed by atoms with E-state index in [1.54, 1.807) is 19.1 Å². The second-order valence-corrected chi connectivity index (χ2v) is 13.4. The maximum atomic E-state index is 14.4. The zero-order chi connectivity index (χ0) is 32.2. The smallest absolute Gasteiger partial charge is 0.308 e. The summed E-state index contributed by atoms with van der Waals surface area (Å²) in [6.07, 6.45) is 6.23. The van der Waals surface area contributed by atoms with Crippen LogP contribution in [0.1, 0.15) is 90.7 Å². The van der Waals surface area contributed by atoms with E-state index in [0.29, 0.717) is 35.7 Å². The highest BCUT2D eigenvalue weighted by Crippen LogP contribution is 2.45. The van der Waals surface area contributed by atoms with Gasteiger partial charge in [-0.3, -0.25) is 14.5 Å². The number of halogens is 1. The minimum atomic E-state index is -0.874. The molecule has 0 radical (unpaired) electrons. The molecule has 2 aromatic rings. The number of carboxylic acid groups (broad SMARTS) is 1. The van der Waals surface area contributed by atoms with Crippen LogP contribution in [0.15, 0.2) is 48.0 Å². The molecule has 0 bridgehead atoms. The van der Waals surface area contributed by atoms with Gasteiger partial charge in [-0.15, -0.1) is 0 Å². The zero-order valence-corrected chi connectivity index (χ0v) is 27.4. The number of rotatable bonds is 13. The number of carboxylic acids is 1. The van der Waals surface area contributed by atoms with E-state index in [1.807, 2.05) is 36.9 Å². The van der Waals surface area contributed by atoms with Crippen molar-refractivity contribution in [2.24, 2.45) is 11.3 Å². The highest BCUT2D eigenvalue weighted by atomic mass is 19.1. The highest BCUT2D eigenvalue weighted by molar-refractivity contribution is 5.95. The van der Waals surface area contributed by atoms with E-state index in [1.165, 1.54) is 6.07 Å². The van der Waals surface area contributed by atoms with Gasteiger partial charge in [-0.2, -0.15) is 0 Å². The van der Waals surface area contributed by atoms with Crippen LogP contribution >= 0.6 is 0 Å². The lowest BCUT2D eigenvalue weighted by Crippen LogP contribution is -2.48. The molecule has 0 spiro atoms. The van der Waals surface area contributed by atoms with E-state index in [4.69, 9.17) is 9.47 Å². The SMILES string of the molecule is CCCC(CCC)N(C(=O)CN1CC(c2ccc3c(c2)OCO3)C(C(=O)O)C1CC(C)(C)C=C(C)C)c1ccc(F)c(C)c1. The Morgan fingerprint density at radius 1 is 1.09 bits per heavy atom. The van der Waals surface area contributed by atoms with Crippen molar-refractivity contribution in [3.05, 3.63) is 65.0 Å². The highest BCUT2D eigenvalue weighted by Gasteiger charge is 2.49. The first-order chi connectivity index (χ1) is 20.8. The number of hydrogen-bond donors (Lipinski definition) is 1. The van der Waals surface area contributed by atoms with E-state index in [9.17, 15) is 19.1 Å². The van der Waals surface area contributed by atoms with E-state index < -0.39 is 11.9 Å². The molecule has 2 heterocycles. The molecule has 1 N–H and O–H groups in total. The summed E-state index contributed by atoms with van der Waals surface area (Å²) in [4.78, 5) is 31.4. The van der Waals surface area contributed by atoms with Crippen LogP contribution in [-0.2, 0) is 9.59 Å². The molecule has 1 amide bonds. The summed E-state index contributed by atoms with van der Waals surface area (Å²) in [6.45, 7) is 14.9. The Hall–Kier alpha value is -3.39. The minimum Gasteiger partial charge on any atom is -0.481 e. The number of nitrogens with zero attached hydrogens (tertiary/aromatic N) is 2. The second kappa shape index (κ2) is 14.1. The minimum absolute atomic E-state index is 0.0366. The van der Waals surface area contributed by atoms with Crippen LogP contribution in [0.3, 0.4) is 0 Å². The fraction of sp³-hybridized carbons (Fsp3) is 0.556. The van der Waals surface area contributed by atoms with Crippen molar-refractivity contribution in [2.45, 2.75) is 98.6 Å².